The van der Waals surface area contributed by atoms with E-state index in [1.807, 2.05) is 30.3 Å². The molecule has 0 saturated carbocycles. The lowest BCUT2D eigenvalue weighted by Gasteiger charge is -2.18. The number of ether oxygens (including phenoxy) is 2. The van der Waals surface area contributed by atoms with E-state index >= 15 is 0 Å². The second-order valence-corrected chi connectivity index (χ2v) is 6.22. The molecule has 0 heterocycles. The van der Waals surface area contributed by atoms with Gasteiger partial charge in [0.05, 0.1) is 14.2 Å². The molecule has 0 spiro atoms. The zero-order valence-corrected chi connectivity index (χ0v) is 16.2. The average Bonchev–Trinajstić information content (AvgIpc) is 2.71. The molecule has 2 amide bonds. The van der Waals surface area contributed by atoms with E-state index in [-0.39, 0.29) is 11.8 Å². The maximum absolute atomic E-state index is 12.4. The van der Waals surface area contributed by atoms with Crippen molar-refractivity contribution in [2.24, 2.45) is 0 Å². The van der Waals surface area contributed by atoms with Gasteiger partial charge in [-0.2, -0.15) is 0 Å². The monoisotopic (exact) mass is 370 g/mol. The van der Waals surface area contributed by atoms with Crippen LogP contribution in [0.15, 0.2) is 42.5 Å². The lowest BCUT2D eigenvalue weighted by atomic mass is 10.1. The Balaban J connectivity index is 1.91. The van der Waals surface area contributed by atoms with Crippen molar-refractivity contribution in [3.8, 4) is 11.5 Å². The number of hydrogen-bond acceptors (Lipinski definition) is 4. The van der Waals surface area contributed by atoms with Crippen LogP contribution in [-0.2, 0) is 17.8 Å². The zero-order valence-electron chi connectivity index (χ0n) is 16.2. The number of benzene rings is 2. The molecule has 0 fully saturated rings. The summed E-state index contributed by atoms with van der Waals surface area (Å²) >= 11 is 0. The van der Waals surface area contributed by atoms with Gasteiger partial charge < -0.3 is 19.7 Å². The van der Waals surface area contributed by atoms with E-state index in [9.17, 15) is 9.59 Å². The van der Waals surface area contributed by atoms with Crippen LogP contribution in [0, 0.1) is 0 Å². The number of nitrogens with zero attached hydrogens (tertiary/aromatic N) is 1. The van der Waals surface area contributed by atoms with Gasteiger partial charge >= 0.3 is 0 Å². The minimum Gasteiger partial charge on any atom is -0.493 e. The van der Waals surface area contributed by atoms with Gasteiger partial charge in [0.15, 0.2) is 11.5 Å². The number of nitrogens with one attached hydrogen (secondary N) is 1. The van der Waals surface area contributed by atoms with E-state index in [2.05, 4.69) is 5.32 Å². The van der Waals surface area contributed by atoms with Crippen LogP contribution in [0.5, 0.6) is 11.5 Å². The van der Waals surface area contributed by atoms with Crippen molar-refractivity contribution in [2.45, 2.75) is 19.4 Å². The highest BCUT2D eigenvalue weighted by atomic mass is 16.5. The molecule has 0 radical (unpaired) electrons. The zero-order chi connectivity index (χ0) is 19.8. The lowest BCUT2D eigenvalue weighted by molar-refractivity contribution is -0.130. The first-order valence-electron chi connectivity index (χ1n) is 8.74. The summed E-state index contributed by atoms with van der Waals surface area (Å²) in [5.74, 6) is 1.26. The third-order valence-corrected chi connectivity index (χ3v) is 4.36. The Bertz CT molecular complexity index is 787. The first kappa shape index (κ1) is 20.3. The highest BCUT2D eigenvalue weighted by molar-refractivity contribution is 5.93. The quantitative estimate of drug-likeness (QED) is 0.776. The van der Waals surface area contributed by atoms with Crippen LogP contribution in [-0.4, -0.2) is 45.0 Å². The van der Waals surface area contributed by atoms with E-state index in [1.165, 1.54) is 0 Å². The van der Waals surface area contributed by atoms with Gasteiger partial charge in [0.25, 0.3) is 5.91 Å². The summed E-state index contributed by atoms with van der Waals surface area (Å²) in [6.45, 7) is 0.499. The summed E-state index contributed by atoms with van der Waals surface area (Å²) in [6, 6.07) is 12.9. The molecule has 0 aromatic heterocycles. The van der Waals surface area contributed by atoms with Crippen molar-refractivity contribution >= 4 is 11.8 Å². The van der Waals surface area contributed by atoms with Gasteiger partial charge in [0.2, 0.25) is 5.91 Å². The molecular formula is C21H26N2O4. The van der Waals surface area contributed by atoms with Gasteiger partial charge in [-0.05, 0) is 41.8 Å². The van der Waals surface area contributed by atoms with Gasteiger partial charge in [0.1, 0.15) is 0 Å². The summed E-state index contributed by atoms with van der Waals surface area (Å²) in [5.41, 5.74) is 2.60. The fraction of sp³-hybridized carbons (Fsp3) is 0.333. The van der Waals surface area contributed by atoms with E-state index in [0.29, 0.717) is 36.4 Å². The van der Waals surface area contributed by atoms with Gasteiger partial charge in [-0.1, -0.05) is 18.2 Å². The highest BCUT2D eigenvalue weighted by Gasteiger charge is 2.12. The van der Waals surface area contributed by atoms with Gasteiger partial charge in [-0.3, -0.25) is 9.59 Å². The fourth-order valence-electron chi connectivity index (χ4n) is 2.75. The van der Waals surface area contributed by atoms with Crippen molar-refractivity contribution in [3.63, 3.8) is 0 Å². The Kier molecular flexibility index (Phi) is 7.23. The summed E-state index contributed by atoms with van der Waals surface area (Å²) in [7, 11) is 6.57. The van der Waals surface area contributed by atoms with Gasteiger partial charge in [-0.15, -0.1) is 0 Å². The van der Waals surface area contributed by atoms with Crippen LogP contribution in [0.1, 0.15) is 27.9 Å². The molecule has 1 N–H and O–H groups in total. The number of carbonyl (C=O) groups excluding carboxylic acids is 2. The molecule has 144 valence electrons. The maximum Gasteiger partial charge on any atom is 0.251 e. The summed E-state index contributed by atoms with van der Waals surface area (Å²) in [6.07, 6.45) is 1.03. The number of rotatable bonds is 8. The second kappa shape index (κ2) is 9.62. The first-order valence-corrected chi connectivity index (χ1v) is 8.74. The molecule has 0 atom stereocenters. The van der Waals surface area contributed by atoms with Crippen molar-refractivity contribution in [2.75, 3.05) is 28.3 Å². The Labute approximate surface area is 160 Å². The van der Waals surface area contributed by atoms with E-state index in [4.69, 9.17) is 9.47 Å². The Hall–Kier alpha value is -3.02. The van der Waals surface area contributed by atoms with Crippen molar-refractivity contribution < 1.29 is 19.1 Å². The maximum atomic E-state index is 12.4. The summed E-state index contributed by atoms with van der Waals surface area (Å²) < 4.78 is 10.5. The van der Waals surface area contributed by atoms with Crippen LogP contribution in [0.2, 0.25) is 0 Å². The third-order valence-electron chi connectivity index (χ3n) is 4.36. The van der Waals surface area contributed by atoms with Crippen molar-refractivity contribution in [3.05, 3.63) is 59.2 Å². The molecule has 27 heavy (non-hydrogen) atoms. The normalized spacial score (nSPS) is 10.2. The molecule has 2 rings (SSSR count). The molecular weight excluding hydrogens is 344 g/mol. The minimum absolute atomic E-state index is 0.0557. The molecule has 0 bridgehead atoms. The van der Waals surface area contributed by atoms with Gasteiger partial charge in [0, 0.05) is 32.6 Å². The lowest BCUT2D eigenvalue weighted by Crippen LogP contribution is -2.26. The van der Waals surface area contributed by atoms with Crippen LogP contribution in [0.3, 0.4) is 0 Å². The van der Waals surface area contributed by atoms with Gasteiger partial charge in [-0.25, -0.2) is 0 Å². The van der Waals surface area contributed by atoms with Crippen molar-refractivity contribution in [1.29, 1.82) is 0 Å². The number of methoxy groups -OCH3 is 2. The first-order chi connectivity index (χ1) is 13.0. The van der Waals surface area contributed by atoms with E-state index in [1.54, 1.807) is 45.3 Å². The third kappa shape index (κ3) is 5.48. The molecule has 2 aromatic rings. The topological polar surface area (TPSA) is 67.9 Å². The highest BCUT2D eigenvalue weighted by Crippen LogP contribution is 2.28. The fourth-order valence-corrected chi connectivity index (χ4v) is 2.75. The van der Waals surface area contributed by atoms with E-state index in [0.717, 1.165) is 11.1 Å². The predicted octanol–water partition coefficient (Wildman–Crippen LogP) is 2.65. The average molecular weight is 370 g/mol. The van der Waals surface area contributed by atoms with Crippen LogP contribution in [0.4, 0.5) is 0 Å². The van der Waals surface area contributed by atoms with Crippen LogP contribution < -0.4 is 14.8 Å². The largest absolute Gasteiger partial charge is 0.493 e. The van der Waals surface area contributed by atoms with Crippen LogP contribution in [0.25, 0.3) is 0 Å². The van der Waals surface area contributed by atoms with Crippen LogP contribution >= 0.6 is 0 Å². The number of hydrogen-bond donors (Lipinski definition) is 1. The smallest absolute Gasteiger partial charge is 0.251 e. The number of amides is 2. The number of aryl methyl sites for hydroxylation is 1. The SMILES string of the molecule is CNC(=O)c1ccc(CN(C)C(=O)CCc2ccc(OC)c(OC)c2)cc1. The molecule has 6 heteroatoms. The Morgan fingerprint density at radius 1 is 0.963 bits per heavy atom. The molecule has 0 unspecified atom stereocenters. The Morgan fingerprint density at radius 3 is 2.19 bits per heavy atom. The van der Waals surface area contributed by atoms with Crippen molar-refractivity contribution in [1.82, 2.24) is 10.2 Å². The molecule has 0 aliphatic rings. The Morgan fingerprint density at radius 2 is 1.59 bits per heavy atom. The summed E-state index contributed by atoms with van der Waals surface area (Å²) in [4.78, 5) is 25.7. The standard InChI is InChI=1S/C21H26N2O4/c1-22-21(25)17-9-5-16(6-10-17)14-23(2)20(24)12-8-15-7-11-18(26-3)19(13-15)27-4/h5-7,9-11,13H,8,12,14H2,1-4H3,(H,22,25). The molecule has 0 saturated heterocycles. The van der Waals surface area contributed by atoms with E-state index < -0.39 is 0 Å². The molecule has 0 aliphatic heterocycles. The minimum atomic E-state index is -0.124. The second-order valence-electron chi connectivity index (χ2n) is 6.22. The predicted molar refractivity (Wildman–Crippen MR) is 104 cm³/mol. The molecule has 6 nitrogen and oxygen atoms in total. The summed E-state index contributed by atoms with van der Waals surface area (Å²) in [5, 5.41) is 2.59. The molecule has 2 aromatic carbocycles. The number of carbonyl (C=O) groups is 2. The molecule has 0 aliphatic carbocycles.